The van der Waals surface area contributed by atoms with Gasteiger partial charge in [-0.05, 0) is 83.5 Å². The summed E-state index contributed by atoms with van der Waals surface area (Å²) in [6.07, 6.45) is 55.4. The number of quaternary nitrogens is 1. The van der Waals surface area contributed by atoms with Crippen LogP contribution in [0.4, 0.5) is 0 Å². The van der Waals surface area contributed by atoms with Gasteiger partial charge in [0.25, 0.3) is 0 Å². The number of phosphoric acid groups is 1. The van der Waals surface area contributed by atoms with E-state index in [1.54, 1.807) is 0 Å². The van der Waals surface area contributed by atoms with Gasteiger partial charge in [-0.15, -0.1) is 0 Å². The number of hydrogen-bond donors (Lipinski definition) is 1. The van der Waals surface area contributed by atoms with Crippen molar-refractivity contribution in [2.45, 2.75) is 206 Å². The molecule has 0 saturated heterocycles. The first kappa shape index (κ1) is 58.2. The molecule has 0 saturated carbocycles. The molecule has 0 aromatic rings. The van der Waals surface area contributed by atoms with Gasteiger partial charge >= 0.3 is 13.8 Å². The standard InChI is InChI=1S/C51H94NO7P/c1-6-8-10-12-14-16-18-20-22-24-26-28-30-32-34-36-38-40-42-44-51(53)59-50(49-58-60(54,55)57-47-45-52(3,4)5)48-56-46-43-41-39-37-35-33-31-29-27-25-23-21-19-17-15-13-11-9-7-2/h14,16-17,19-20,22-23,25-26,28,50H,6-13,15,18,21,24,27,29-49H2,1-5H3/p+1/b16-14-,19-17-,22-20-,25-23-,28-26-. The van der Waals surface area contributed by atoms with Crippen LogP contribution in [0.2, 0.25) is 0 Å². The van der Waals surface area contributed by atoms with Crippen LogP contribution in [0.25, 0.3) is 0 Å². The van der Waals surface area contributed by atoms with E-state index in [4.69, 9.17) is 18.5 Å². The van der Waals surface area contributed by atoms with Crippen LogP contribution in [-0.2, 0) is 27.9 Å². The Morgan fingerprint density at radius 2 is 0.917 bits per heavy atom. The van der Waals surface area contributed by atoms with Crippen LogP contribution in [0.15, 0.2) is 60.8 Å². The lowest BCUT2D eigenvalue weighted by Gasteiger charge is -2.24. The molecule has 0 rings (SSSR count). The van der Waals surface area contributed by atoms with Gasteiger partial charge in [-0.2, -0.15) is 0 Å². The van der Waals surface area contributed by atoms with E-state index in [0.717, 1.165) is 64.2 Å². The maximum absolute atomic E-state index is 12.7. The van der Waals surface area contributed by atoms with Crippen LogP contribution < -0.4 is 0 Å². The fraction of sp³-hybridized carbons (Fsp3) is 0.784. The molecule has 0 aromatic carbocycles. The number of allylic oxidation sites excluding steroid dienone is 10. The predicted octanol–water partition coefficient (Wildman–Crippen LogP) is 14.9. The minimum Gasteiger partial charge on any atom is -0.457 e. The number of carbonyl (C=O) groups excluding carboxylic acids is 1. The smallest absolute Gasteiger partial charge is 0.457 e. The molecule has 0 fully saturated rings. The van der Waals surface area contributed by atoms with Gasteiger partial charge in [0.2, 0.25) is 0 Å². The van der Waals surface area contributed by atoms with Gasteiger partial charge in [-0.1, -0.05) is 171 Å². The Labute approximate surface area is 370 Å². The SMILES string of the molecule is CCCCC/C=C\C/C=C\C/C=C\CCCCCCCCC(=O)OC(COCCCCCCCCCC/C=C\C/C=C\CCCCCC)COP(=O)(O)OCC[N+](C)(C)C. The first-order chi connectivity index (χ1) is 29.1. The van der Waals surface area contributed by atoms with Gasteiger partial charge in [0.1, 0.15) is 19.3 Å². The molecule has 2 atom stereocenters. The van der Waals surface area contributed by atoms with E-state index >= 15 is 0 Å². The number of unbranched alkanes of at least 4 members (excludes halogenated alkanes) is 21. The molecule has 1 N–H and O–H groups in total. The summed E-state index contributed by atoms with van der Waals surface area (Å²) in [6.45, 7) is 5.55. The summed E-state index contributed by atoms with van der Waals surface area (Å²) in [6, 6.07) is 0. The van der Waals surface area contributed by atoms with Crippen molar-refractivity contribution in [1.82, 2.24) is 0 Å². The summed E-state index contributed by atoms with van der Waals surface area (Å²) in [5, 5.41) is 0. The molecule has 9 heteroatoms. The van der Waals surface area contributed by atoms with Crippen molar-refractivity contribution >= 4 is 13.8 Å². The molecule has 0 amide bonds. The van der Waals surface area contributed by atoms with Crippen LogP contribution in [0.3, 0.4) is 0 Å². The van der Waals surface area contributed by atoms with Gasteiger partial charge in [0, 0.05) is 13.0 Å². The summed E-state index contributed by atoms with van der Waals surface area (Å²) in [5.41, 5.74) is 0. The highest BCUT2D eigenvalue weighted by Gasteiger charge is 2.26. The Balaban J connectivity index is 4.23. The number of rotatable bonds is 45. The van der Waals surface area contributed by atoms with Crippen LogP contribution in [0.5, 0.6) is 0 Å². The summed E-state index contributed by atoms with van der Waals surface area (Å²) in [5.74, 6) is -0.329. The van der Waals surface area contributed by atoms with Crippen LogP contribution in [0.1, 0.15) is 200 Å². The highest BCUT2D eigenvalue weighted by Crippen LogP contribution is 2.43. The maximum atomic E-state index is 12.7. The molecule has 8 nitrogen and oxygen atoms in total. The van der Waals surface area contributed by atoms with Crippen molar-refractivity contribution < 1.29 is 37.3 Å². The van der Waals surface area contributed by atoms with Crippen LogP contribution in [0, 0.1) is 0 Å². The molecule has 0 bridgehead atoms. The van der Waals surface area contributed by atoms with Gasteiger partial charge in [0.15, 0.2) is 0 Å². The van der Waals surface area contributed by atoms with Gasteiger partial charge < -0.3 is 18.9 Å². The topological polar surface area (TPSA) is 91.3 Å². The molecule has 350 valence electrons. The van der Waals surface area contributed by atoms with E-state index in [9.17, 15) is 14.3 Å². The van der Waals surface area contributed by atoms with Gasteiger partial charge in [-0.3, -0.25) is 13.8 Å². The van der Waals surface area contributed by atoms with E-state index in [1.807, 2.05) is 21.1 Å². The monoisotopic (exact) mass is 865 g/mol. The first-order valence-corrected chi connectivity index (χ1v) is 26.0. The zero-order valence-electron chi connectivity index (χ0n) is 39.7. The molecule has 0 spiro atoms. The molecule has 0 heterocycles. The van der Waals surface area contributed by atoms with Crippen LogP contribution in [-0.4, -0.2) is 75.6 Å². The van der Waals surface area contributed by atoms with E-state index in [0.29, 0.717) is 24.1 Å². The van der Waals surface area contributed by atoms with Crippen molar-refractivity contribution in [3.63, 3.8) is 0 Å². The average Bonchev–Trinajstić information content (AvgIpc) is 3.20. The molecule has 0 aliphatic rings. The molecule has 60 heavy (non-hydrogen) atoms. The van der Waals surface area contributed by atoms with Crippen LogP contribution >= 0.6 is 7.82 Å². The second kappa shape index (κ2) is 43.8. The number of hydrogen-bond acceptors (Lipinski definition) is 6. The van der Waals surface area contributed by atoms with Crippen molar-refractivity contribution in [3.05, 3.63) is 60.8 Å². The zero-order valence-corrected chi connectivity index (χ0v) is 40.6. The average molecular weight is 865 g/mol. The Kier molecular flexibility index (Phi) is 42.5. The summed E-state index contributed by atoms with van der Waals surface area (Å²) < 4.78 is 35.1. The zero-order chi connectivity index (χ0) is 44.1. The number of nitrogens with zero attached hydrogens (tertiary/aromatic N) is 1. The molecular weight excluding hydrogens is 770 g/mol. The fourth-order valence-corrected chi connectivity index (χ4v) is 7.21. The highest BCUT2D eigenvalue weighted by molar-refractivity contribution is 7.47. The quantitative estimate of drug-likeness (QED) is 0.0214. The molecule has 0 aromatic heterocycles. The third-order valence-corrected chi connectivity index (χ3v) is 11.3. The first-order valence-electron chi connectivity index (χ1n) is 24.5. The van der Waals surface area contributed by atoms with Crippen molar-refractivity contribution in [2.75, 3.05) is 54.1 Å². The maximum Gasteiger partial charge on any atom is 0.472 e. The second-order valence-corrected chi connectivity index (χ2v) is 18.9. The highest BCUT2D eigenvalue weighted by atomic mass is 31.2. The summed E-state index contributed by atoms with van der Waals surface area (Å²) >= 11 is 0. The predicted molar refractivity (Wildman–Crippen MR) is 256 cm³/mol. The number of ether oxygens (including phenoxy) is 2. The molecule has 0 radical (unpaired) electrons. The second-order valence-electron chi connectivity index (χ2n) is 17.5. The normalized spacial score (nSPS) is 14.2. The number of esters is 1. The lowest BCUT2D eigenvalue weighted by molar-refractivity contribution is -0.870. The lowest BCUT2D eigenvalue weighted by atomic mass is 10.1. The third kappa shape index (κ3) is 47.3. The minimum absolute atomic E-state index is 0.0822. The largest absolute Gasteiger partial charge is 0.472 e. The Hall–Kier alpha value is -1.80. The summed E-state index contributed by atoms with van der Waals surface area (Å²) in [7, 11) is 1.65. The van der Waals surface area contributed by atoms with E-state index in [1.165, 1.54) is 116 Å². The Morgan fingerprint density at radius 1 is 0.517 bits per heavy atom. The molecule has 0 aliphatic heterocycles. The van der Waals surface area contributed by atoms with Crippen molar-refractivity contribution in [1.29, 1.82) is 0 Å². The Morgan fingerprint density at radius 3 is 1.40 bits per heavy atom. The number of likely N-dealkylation sites (N-methyl/N-ethyl adjacent to an activating group) is 1. The lowest BCUT2D eigenvalue weighted by Crippen LogP contribution is -2.37. The van der Waals surface area contributed by atoms with Crippen molar-refractivity contribution in [2.24, 2.45) is 0 Å². The van der Waals surface area contributed by atoms with Gasteiger partial charge in [0.05, 0.1) is 34.4 Å². The molecule has 2 unspecified atom stereocenters. The van der Waals surface area contributed by atoms with Gasteiger partial charge in [-0.25, -0.2) is 4.57 Å². The van der Waals surface area contributed by atoms with E-state index < -0.39 is 13.9 Å². The van der Waals surface area contributed by atoms with E-state index in [-0.39, 0.29) is 25.8 Å². The number of phosphoric ester groups is 1. The third-order valence-electron chi connectivity index (χ3n) is 10.3. The Bertz CT molecular complexity index is 1140. The summed E-state index contributed by atoms with van der Waals surface area (Å²) in [4.78, 5) is 23.0. The fourth-order valence-electron chi connectivity index (χ4n) is 6.47. The minimum atomic E-state index is -4.29. The van der Waals surface area contributed by atoms with E-state index in [2.05, 4.69) is 74.6 Å². The van der Waals surface area contributed by atoms with Crippen molar-refractivity contribution in [3.8, 4) is 0 Å². The number of carbonyl (C=O) groups is 1. The molecular formula is C51H95NO7P+. The molecule has 0 aliphatic carbocycles.